The Morgan fingerprint density at radius 1 is 0.431 bits per heavy atom. The van der Waals surface area contributed by atoms with Crippen molar-refractivity contribution in [3.63, 3.8) is 0 Å². The first kappa shape index (κ1) is 35.9. The standard InChI is InChI=1S/C53H39N5/c54-48(41-18-7-2-8-19-41)35-49(55-36-37-25-27-39(28-26-37)38-15-5-1-6-16-38)42-29-31-43(32-30-42)50-46-24-14-13-17-40(46)33-34-47(50)53-57-51(44-20-9-3-10-21-44)56-52(58-53)45-22-11-4-12-23-45/h1-35H,36,54H2/b48-35-,55-49?. The van der Waals surface area contributed by atoms with Crippen LogP contribution in [0.2, 0.25) is 0 Å². The highest BCUT2D eigenvalue weighted by Gasteiger charge is 2.18. The molecule has 9 rings (SSSR count). The second-order valence-electron chi connectivity index (χ2n) is 14.1. The van der Waals surface area contributed by atoms with E-state index in [1.54, 1.807) is 0 Å². The van der Waals surface area contributed by atoms with Gasteiger partial charge in [-0.3, -0.25) is 4.99 Å². The minimum absolute atomic E-state index is 0.505. The quantitative estimate of drug-likeness (QED) is 0.141. The summed E-state index contributed by atoms with van der Waals surface area (Å²) in [6.45, 7) is 0.505. The van der Waals surface area contributed by atoms with Crippen molar-refractivity contribution in [2.45, 2.75) is 6.54 Å². The summed E-state index contributed by atoms with van der Waals surface area (Å²) in [5.41, 5.74) is 18.4. The van der Waals surface area contributed by atoms with Crippen molar-refractivity contribution < 1.29 is 0 Å². The monoisotopic (exact) mass is 745 g/mol. The molecule has 276 valence electrons. The Morgan fingerprint density at radius 2 is 0.931 bits per heavy atom. The SMILES string of the molecule is N/C(=C\C(=NCc1ccc(-c2ccccc2)cc1)c1ccc(-c2c(-c3nc(-c4ccccc4)nc(-c4ccccc4)n3)ccc3ccccc23)cc1)c1ccccc1. The lowest BCUT2D eigenvalue weighted by atomic mass is 9.91. The van der Waals surface area contributed by atoms with Crippen LogP contribution in [0.25, 0.3) is 72.9 Å². The van der Waals surface area contributed by atoms with Gasteiger partial charge in [-0.1, -0.05) is 200 Å². The first-order valence-electron chi connectivity index (χ1n) is 19.4. The fraction of sp³-hybridized carbons (Fsp3) is 0.0189. The second-order valence-corrected chi connectivity index (χ2v) is 14.1. The maximum Gasteiger partial charge on any atom is 0.164 e. The number of allylic oxidation sites excluding steroid dienone is 1. The van der Waals surface area contributed by atoms with Gasteiger partial charge in [-0.25, -0.2) is 15.0 Å². The Kier molecular flexibility index (Phi) is 10.2. The highest BCUT2D eigenvalue weighted by Crippen LogP contribution is 2.38. The summed E-state index contributed by atoms with van der Waals surface area (Å²) in [6.07, 6.45) is 1.98. The van der Waals surface area contributed by atoms with Crippen LogP contribution >= 0.6 is 0 Å². The number of benzene rings is 8. The Bertz CT molecular complexity index is 2810. The van der Waals surface area contributed by atoms with Crippen LogP contribution in [0.15, 0.2) is 217 Å². The third-order valence-electron chi connectivity index (χ3n) is 10.2. The van der Waals surface area contributed by atoms with Crippen LogP contribution < -0.4 is 5.73 Å². The van der Waals surface area contributed by atoms with Gasteiger partial charge in [0.1, 0.15) is 0 Å². The molecule has 0 aliphatic carbocycles. The lowest BCUT2D eigenvalue weighted by molar-refractivity contribution is 1.07. The van der Waals surface area contributed by atoms with Crippen LogP contribution in [-0.2, 0) is 6.54 Å². The van der Waals surface area contributed by atoms with Crippen LogP contribution in [-0.4, -0.2) is 20.7 Å². The molecule has 5 nitrogen and oxygen atoms in total. The van der Waals surface area contributed by atoms with E-state index in [1.807, 2.05) is 103 Å². The Morgan fingerprint density at radius 3 is 1.55 bits per heavy atom. The van der Waals surface area contributed by atoms with Crippen molar-refractivity contribution in [3.05, 3.63) is 229 Å². The van der Waals surface area contributed by atoms with Gasteiger partial charge in [0.2, 0.25) is 0 Å². The lowest BCUT2D eigenvalue weighted by Crippen LogP contribution is -2.05. The van der Waals surface area contributed by atoms with Crippen molar-refractivity contribution in [1.82, 2.24) is 15.0 Å². The molecule has 0 bridgehead atoms. The number of aliphatic imine (C=N–C) groups is 1. The van der Waals surface area contributed by atoms with Gasteiger partial charge in [-0.2, -0.15) is 0 Å². The highest BCUT2D eigenvalue weighted by atomic mass is 15.0. The van der Waals surface area contributed by atoms with E-state index in [4.69, 9.17) is 25.7 Å². The first-order chi connectivity index (χ1) is 28.7. The third kappa shape index (κ3) is 7.83. The van der Waals surface area contributed by atoms with E-state index in [9.17, 15) is 0 Å². The molecule has 0 radical (unpaired) electrons. The van der Waals surface area contributed by atoms with E-state index in [-0.39, 0.29) is 0 Å². The maximum atomic E-state index is 6.72. The van der Waals surface area contributed by atoms with Crippen molar-refractivity contribution >= 4 is 22.2 Å². The zero-order valence-corrected chi connectivity index (χ0v) is 31.8. The van der Waals surface area contributed by atoms with Crippen LogP contribution in [0, 0.1) is 0 Å². The van der Waals surface area contributed by atoms with Gasteiger partial charge >= 0.3 is 0 Å². The fourth-order valence-electron chi connectivity index (χ4n) is 7.20. The Labute approximate surface area is 338 Å². The zero-order valence-electron chi connectivity index (χ0n) is 31.8. The predicted octanol–water partition coefficient (Wildman–Crippen LogP) is 12.3. The Balaban J connectivity index is 1.13. The van der Waals surface area contributed by atoms with Crippen molar-refractivity contribution in [2.24, 2.45) is 10.7 Å². The van der Waals surface area contributed by atoms with E-state index >= 15 is 0 Å². The molecule has 0 fully saturated rings. The largest absolute Gasteiger partial charge is 0.398 e. The van der Waals surface area contributed by atoms with Crippen LogP contribution in [0.3, 0.4) is 0 Å². The molecule has 0 atom stereocenters. The normalized spacial score (nSPS) is 11.8. The van der Waals surface area contributed by atoms with E-state index < -0.39 is 0 Å². The van der Waals surface area contributed by atoms with Gasteiger partial charge in [0.25, 0.3) is 0 Å². The molecule has 0 saturated heterocycles. The molecule has 5 heteroatoms. The van der Waals surface area contributed by atoms with Gasteiger partial charge in [0.05, 0.1) is 12.3 Å². The maximum absolute atomic E-state index is 6.72. The first-order valence-corrected chi connectivity index (χ1v) is 19.4. The number of hydrogen-bond donors (Lipinski definition) is 1. The predicted molar refractivity (Wildman–Crippen MR) is 240 cm³/mol. The number of nitrogens with zero attached hydrogens (tertiary/aromatic N) is 4. The molecule has 1 aromatic heterocycles. The molecule has 0 spiro atoms. The van der Waals surface area contributed by atoms with E-state index in [0.29, 0.717) is 29.7 Å². The summed E-state index contributed by atoms with van der Waals surface area (Å²) < 4.78 is 0. The lowest BCUT2D eigenvalue weighted by Gasteiger charge is -2.15. The molecule has 0 amide bonds. The highest BCUT2D eigenvalue weighted by molar-refractivity contribution is 6.12. The second kappa shape index (κ2) is 16.5. The molecule has 1 heterocycles. The van der Waals surface area contributed by atoms with Crippen molar-refractivity contribution in [1.29, 1.82) is 0 Å². The average Bonchev–Trinajstić information content (AvgIpc) is 3.31. The Hall–Kier alpha value is -7.76. The minimum atomic E-state index is 0.505. The smallest absolute Gasteiger partial charge is 0.164 e. The summed E-state index contributed by atoms with van der Waals surface area (Å²) >= 11 is 0. The van der Waals surface area contributed by atoms with E-state index in [0.717, 1.165) is 61.0 Å². The molecule has 0 unspecified atom stereocenters. The number of fused-ring (bicyclic) bond motifs is 1. The van der Waals surface area contributed by atoms with Gasteiger partial charge in [-0.05, 0) is 56.3 Å². The van der Waals surface area contributed by atoms with Gasteiger partial charge in [0, 0.05) is 28.0 Å². The number of nitrogens with two attached hydrogens (primary N) is 1. The fourth-order valence-corrected chi connectivity index (χ4v) is 7.20. The average molecular weight is 746 g/mol. The molecule has 58 heavy (non-hydrogen) atoms. The van der Waals surface area contributed by atoms with Crippen molar-refractivity contribution in [2.75, 3.05) is 0 Å². The third-order valence-corrected chi connectivity index (χ3v) is 10.2. The van der Waals surface area contributed by atoms with Crippen LogP contribution in [0.4, 0.5) is 0 Å². The zero-order chi connectivity index (χ0) is 39.1. The summed E-state index contributed by atoms with van der Waals surface area (Å²) in [7, 11) is 0. The van der Waals surface area contributed by atoms with E-state index in [1.165, 1.54) is 11.1 Å². The molecule has 0 aliphatic heterocycles. The molecule has 2 N–H and O–H groups in total. The molecule has 0 aliphatic rings. The molecular formula is C53H39N5. The molecule has 0 saturated carbocycles. The summed E-state index contributed by atoms with van der Waals surface area (Å²) in [4.78, 5) is 20.3. The summed E-state index contributed by atoms with van der Waals surface area (Å²) in [6, 6.07) is 70.5. The van der Waals surface area contributed by atoms with Gasteiger partial charge in [-0.15, -0.1) is 0 Å². The van der Waals surface area contributed by atoms with E-state index in [2.05, 4.69) is 109 Å². The molecule has 9 aromatic rings. The number of aromatic nitrogens is 3. The topological polar surface area (TPSA) is 77.0 Å². The molecule has 8 aromatic carbocycles. The summed E-state index contributed by atoms with van der Waals surface area (Å²) in [5, 5.41) is 2.24. The van der Waals surface area contributed by atoms with Crippen LogP contribution in [0.5, 0.6) is 0 Å². The minimum Gasteiger partial charge on any atom is -0.398 e. The number of hydrogen-bond acceptors (Lipinski definition) is 5. The van der Waals surface area contributed by atoms with Crippen LogP contribution in [0.1, 0.15) is 16.7 Å². The van der Waals surface area contributed by atoms with Gasteiger partial charge < -0.3 is 5.73 Å². The van der Waals surface area contributed by atoms with Crippen molar-refractivity contribution in [3.8, 4) is 56.4 Å². The van der Waals surface area contributed by atoms with Gasteiger partial charge in [0.15, 0.2) is 17.5 Å². The molecular weight excluding hydrogens is 707 g/mol. The number of rotatable bonds is 10. The summed E-state index contributed by atoms with van der Waals surface area (Å²) in [5.74, 6) is 1.85.